The summed E-state index contributed by atoms with van der Waals surface area (Å²) in [6.07, 6.45) is -3.61. The molecule has 3 N–H and O–H groups in total. The van der Waals surface area contributed by atoms with Crippen LogP contribution in [0.25, 0.3) is 0 Å². The van der Waals surface area contributed by atoms with Gasteiger partial charge in [0.2, 0.25) is 5.91 Å². The first kappa shape index (κ1) is 22.3. The molecule has 2 aromatic carbocycles. The molecule has 0 radical (unpaired) electrons. The SMILES string of the molecule is CCNC(=NCc1ccc(C(F)(F)F)cc1)NCC(=O)NCCc1ccccc1. The van der Waals surface area contributed by atoms with E-state index in [2.05, 4.69) is 20.9 Å². The molecule has 2 rings (SSSR count). The number of carbonyl (C=O) groups is 1. The third kappa shape index (κ3) is 8.25. The topological polar surface area (TPSA) is 65.5 Å². The molecule has 0 atom stereocenters. The molecule has 156 valence electrons. The number of nitrogens with one attached hydrogen (secondary N) is 3. The smallest absolute Gasteiger partial charge is 0.357 e. The average Bonchev–Trinajstić information content (AvgIpc) is 2.70. The molecular weight excluding hydrogens is 381 g/mol. The van der Waals surface area contributed by atoms with Gasteiger partial charge >= 0.3 is 6.18 Å². The fourth-order valence-corrected chi connectivity index (χ4v) is 2.53. The number of amides is 1. The molecule has 0 spiro atoms. The van der Waals surface area contributed by atoms with Gasteiger partial charge in [-0.1, -0.05) is 42.5 Å². The largest absolute Gasteiger partial charge is 0.416 e. The van der Waals surface area contributed by atoms with Crippen LogP contribution in [0, 0.1) is 0 Å². The third-order valence-electron chi connectivity index (χ3n) is 4.04. The minimum Gasteiger partial charge on any atom is -0.357 e. The number of hydrogen-bond donors (Lipinski definition) is 3. The van der Waals surface area contributed by atoms with E-state index in [4.69, 9.17) is 0 Å². The van der Waals surface area contributed by atoms with E-state index in [9.17, 15) is 18.0 Å². The molecule has 0 fully saturated rings. The highest BCUT2D eigenvalue weighted by Gasteiger charge is 2.29. The van der Waals surface area contributed by atoms with Crippen molar-refractivity contribution in [2.45, 2.75) is 26.1 Å². The highest BCUT2D eigenvalue weighted by atomic mass is 19.4. The van der Waals surface area contributed by atoms with Gasteiger partial charge in [-0.15, -0.1) is 0 Å². The molecule has 0 saturated carbocycles. The molecule has 5 nitrogen and oxygen atoms in total. The summed E-state index contributed by atoms with van der Waals surface area (Å²) < 4.78 is 37.8. The molecule has 0 heterocycles. The van der Waals surface area contributed by atoms with Crippen molar-refractivity contribution in [1.29, 1.82) is 0 Å². The van der Waals surface area contributed by atoms with Crippen LogP contribution < -0.4 is 16.0 Å². The van der Waals surface area contributed by atoms with Crippen LogP contribution in [0.5, 0.6) is 0 Å². The van der Waals surface area contributed by atoms with E-state index < -0.39 is 11.7 Å². The van der Waals surface area contributed by atoms with Crippen molar-refractivity contribution in [2.75, 3.05) is 19.6 Å². The lowest BCUT2D eigenvalue weighted by Crippen LogP contribution is -2.43. The van der Waals surface area contributed by atoms with Gasteiger partial charge in [0.25, 0.3) is 0 Å². The first-order valence-corrected chi connectivity index (χ1v) is 9.37. The summed E-state index contributed by atoms with van der Waals surface area (Å²) in [5, 5.41) is 8.76. The fraction of sp³-hybridized carbons (Fsp3) is 0.333. The summed E-state index contributed by atoms with van der Waals surface area (Å²) in [4.78, 5) is 16.3. The van der Waals surface area contributed by atoms with E-state index in [0.717, 1.165) is 24.1 Å². The maximum Gasteiger partial charge on any atom is 0.416 e. The molecule has 29 heavy (non-hydrogen) atoms. The van der Waals surface area contributed by atoms with Gasteiger partial charge in [-0.25, -0.2) is 4.99 Å². The van der Waals surface area contributed by atoms with Crippen LogP contribution in [0.4, 0.5) is 13.2 Å². The lowest BCUT2D eigenvalue weighted by atomic mass is 10.1. The predicted molar refractivity (Wildman–Crippen MR) is 107 cm³/mol. The Hall–Kier alpha value is -3.03. The maximum atomic E-state index is 12.6. The summed E-state index contributed by atoms with van der Waals surface area (Å²) in [6, 6.07) is 14.7. The first-order valence-electron chi connectivity index (χ1n) is 9.37. The number of carbonyl (C=O) groups excluding carboxylic acids is 1. The summed E-state index contributed by atoms with van der Waals surface area (Å²) in [7, 11) is 0. The number of guanidine groups is 1. The minimum atomic E-state index is -4.36. The Labute approximate surface area is 168 Å². The van der Waals surface area contributed by atoms with Crippen LogP contribution in [-0.2, 0) is 23.9 Å². The molecule has 0 saturated heterocycles. The van der Waals surface area contributed by atoms with E-state index in [-0.39, 0.29) is 19.0 Å². The second-order valence-electron chi connectivity index (χ2n) is 6.33. The van der Waals surface area contributed by atoms with Crippen molar-refractivity contribution < 1.29 is 18.0 Å². The van der Waals surface area contributed by atoms with Crippen LogP contribution in [0.2, 0.25) is 0 Å². The lowest BCUT2D eigenvalue weighted by molar-refractivity contribution is -0.137. The van der Waals surface area contributed by atoms with E-state index in [1.807, 2.05) is 37.3 Å². The molecular formula is C21H25F3N4O. The van der Waals surface area contributed by atoms with E-state index in [0.29, 0.717) is 24.6 Å². The summed E-state index contributed by atoms with van der Waals surface area (Å²) in [5.74, 6) is 0.256. The van der Waals surface area contributed by atoms with Crippen LogP contribution in [0.15, 0.2) is 59.6 Å². The molecule has 0 bridgehead atoms. The highest BCUT2D eigenvalue weighted by molar-refractivity contribution is 5.86. The van der Waals surface area contributed by atoms with E-state index >= 15 is 0 Å². The Balaban J connectivity index is 1.80. The molecule has 0 aliphatic carbocycles. The zero-order chi connectivity index (χ0) is 21.1. The van der Waals surface area contributed by atoms with Crippen molar-refractivity contribution >= 4 is 11.9 Å². The van der Waals surface area contributed by atoms with Gasteiger partial charge in [-0.3, -0.25) is 4.79 Å². The number of aliphatic imine (C=N–C) groups is 1. The zero-order valence-corrected chi connectivity index (χ0v) is 16.2. The predicted octanol–water partition coefficient (Wildman–Crippen LogP) is 3.12. The van der Waals surface area contributed by atoms with Gasteiger partial charge in [-0.05, 0) is 36.6 Å². The third-order valence-corrected chi connectivity index (χ3v) is 4.04. The Bertz CT molecular complexity index is 790. The zero-order valence-electron chi connectivity index (χ0n) is 16.2. The molecule has 2 aromatic rings. The Morgan fingerprint density at radius 2 is 1.62 bits per heavy atom. The summed E-state index contributed by atoms with van der Waals surface area (Å²) >= 11 is 0. The van der Waals surface area contributed by atoms with Crippen molar-refractivity contribution in [3.63, 3.8) is 0 Å². The number of hydrogen-bond acceptors (Lipinski definition) is 2. The number of benzene rings is 2. The van der Waals surface area contributed by atoms with Crippen LogP contribution in [0.1, 0.15) is 23.6 Å². The quantitative estimate of drug-likeness (QED) is 0.466. The van der Waals surface area contributed by atoms with Gasteiger partial charge in [0, 0.05) is 13.1 Å². The van der Waals surface area contributed by atoms with Gasteiger partial charge in [-0.2, -0.15) is 13.2 Å². The van der Waals surface area contributed by atoms with Crippen LogP contribution in [-0.4, -0.2) is 31.5 Å². The van der Waals surface area contributed by atoms with Crippen LogP contribution in [0.3, 0.4) is 0 Å². The van der Waals surface area contributed by atoms with Crippen molar-refractivity contribution in [1.82, 2.24) is 16.0 Å². The standard InChI is InChI=1S/C21H25F3N4O/c1-2-25-20(27-14-17-8-10-18(11-9-17)21(22,23)24)28-15-19(29)26-13-12-16-6-4-3-5-7-16/h3-11H,2,12-15H2,1H3,(H,26,29)(H2,25,27,28). The molecule has 0 aliphatic heterocycles. The molecule has 0 aliphatic rings. The molecule has 0 unspecified atom stereocenters. The van der Waals surface area contributed by atoms with Crippen LogP contribution >= 0.6 is 0 Å². The monoisotopic (exact) mass is 406 g/mol. The molecule has 8 heteroatoms. The van der Waals surface area contributed by atoms with Gasteiger partial charge in [0.1, 0.15) is 0 Å². The lowest BCUT2D eigenvalue weighted by Gasteiger charge is -2.12. The molecule has 0 aromatic heterocycles. The van der Waals surface area contributed by atoms with E-state index in [1.54, 1.807) is 0 Å². The normalized spacial score (nSPS) is 11.8. The first-order chi connectivity index (χ1) is 13.9. The number of rotatable bonds is 8. The fourth-order valence-electron chi connectivity index (χ4n) is 2.53. The summed E-state index contributed by atoms with van der Waals surface area (Å²) in [6.45, 7) is 3.25. The highest BCUT2D eigenvalue weighted by Crippen LogP contribution is 2.29. The minimum absolute atomic E-state index is 0.0492. The van der Waals surface area contributed by atoms with Crippen molar-refractivity contribution in [3.05, 3.63) is 71.3 Å². The average molecular weight is 406 g/mol. The summed E-state index contributed by atoms with van der Waals surface area (Å²) in [5.41, 5.74) is 1.09. The second kappa shape index (κ2) is 11.1. The van der Waals surface area contributed by atoms with Gasteiger partial charge in [0.15, 0.2) is 5.96 Å². The van der Waals surface area contributed by atoms with Gasteiger partial charge < -0.3 is 16.0 Å². The van der Waals surface area contributed by atoms with Gasteiger partial charge in [0.05, 0.1) is 18.7 Å². The van der Waals surface area contributed by atoms with Crippen molar-refractivity contribution in [2.24, 2.45) is 4.99 Å². The Morgan fingerprint density at radius 3 is 2.24 bits per heavy atom. The van der Waals surface area contributed by atoms with Crippen molar-refractivity contribution in [3.8, 4) is 0 Å². The number of halogens is 3. The maximum absolute atomic E-state index is 12.6. The number of alkyl halides is 3. The second-order valence-corrected chi connectivity index (χ2v) is 6.33. The van der Waals surface area contributed by atoms with E-state index in [1.165, 1.54) is 12.1 Å². The molecule has 1 amide bonds. The Kier molecular flexibility index (Phi) is 8.51. The number of nitrogens with zero attached hydrogens (tertiary/aromatic N) is 1. The Morgan fingerprint density at radius 1 is 0.931 bits per heavy atom.